The van der Waals surface area contributed by atoms with Gasteiger partial charge in [-0.15, -0.1) is 0 Å². The van der Waals surface area contributed by atoms with Gasteiger partial charge in [0.1, 0.15) is 0 Å². The molecule has 3 nitrogen and oxygen atoms in total. The molecule has 0 aliphatic carbocycles. The Labute approximate surface area is 88.2 Å². The average molecular weight is 203 g/mol. The fourth-order valence-electron chi connectivity index (χ4n) is 1.33. The Balaban J connectivity index is 3.42. The molecule has 2 atom stereocenters. The minimum absolute atomic E-state index is 0.475. The number of rotatable bonds is 9. The van der Waals surface area contributed by atoms with Crippen molar-refractivity contribution in [3.05, 3.63) is 0 Å². The Hall–Kier alpha value is -0.120. The zero-order chi connectivity index (χ0) is 10.8. The molecule has 0 bridgehead atoms. The van der Waals surface area contributed by atoms with Crippen LogP contribution in [0.25, 0.3) is 0 Å². The summed E-state index contributed by atoms with van der Waals surface area (Å²) in [6, 6.07) is 0.475. The van der Waals surface area contributed by atoms with Gasteiger partial charge in [0.15, 0.2) is 0 Å². The maximum atomic E-state index is 5.57. The largest absolute Gasteiger partial charge is 0.385 e. The minimum Gasteiger partial charge on any atom is -0.385 e. The van der Waals surface area contributed by atoms with Crippen LogP contribution in [0.1, 0.15) is 26.7 Å². The zero-order valence-corrected chi connectivity index (χ0v) is 10.0. The predicted octanol–water partition coefficient (Wildman–Crippen LogP) is 1.67. The summed E-state index contributed by atoms with van der Waals surface area (Å²) in [5.41, 5.74) is 0. The van der Waals surface area contributed by atoms with Crippen LogP contribution < -0.4 is 5.32 Å². The number of ether oxygens (including phenoxy) is 2. The molecule has 0 fully saturated rings. The van der Waals surface area contributed by atoms with E-state index < -0.39 is 0 Å². The summed E-state index contributed by atoms with van der Waals surface area (Å²) in [5, 5.41) is 3.29. The quantitative estimate of drug-likeness (QED) is 0.578. The standard InChI is InChI=1S/C11H25NO2/c1-5-10(2)11(12-3)9-14-8-6-7-13-4/h10-12H,5-9H2,1-4H3. The summed E-state index contributed by atoms with van der Waals surface area (Å²) in [6.45, 7) is 6.84. The molecule has 0 saturated heterocycles. The molecule has 0 saturated carbocycles. The third-order valence-corrected chi connectivity index (χ3v) is 2.64. The Kier molecular flexibility index (Phi) is 9.35. The van der Waals surface area contributed by atoms with Crippen molar-refractivity contribution in [2.24, 2.45) is 5.92 Å². The molecule has 0 aromatic carbocycles. The molecule has 0 aliphatic heterocycles. The molecule has 0 spiro atoms. The summed E-state index contributed by atoms with van der Waals surface area (Å²) in [6.07, 6.45) is 2.17. The van der Waals surface area contributed by atoms with Crippen LogP contribution in [0.2, 0.25) is 0 Å². The van der Waals surface area contributed by atoms with E-state index in [0.717, 1.165) is 26.2 Å². The van der Waals surface area contributed by atoms with E-state index in [2.05, 4.69) is 19.2 Å². The molecular formula is C11H25NO2. The molecule has 0 heterocycles. The van der Waals surface area contributed by atoms with Gasteiger partial charge in [0, 0.05) is 26.4 Å². The van der Waals surface area contributed by atoms with Crippen molar-refractivity contribution >= 4 is 0 Å². The lowest BCUT2D eigenvalue weighted by Crippen LogP contribution is -2.36. The van der Waals surface area contributed by atoms with E-state index in [1.54, 1.807) is 7.11 Å². The van der Waals surface area contributed by atoms with Crippen LogP contribution >= 0.6 is 0 Å². The predicted molar refractivity (Wildman–Crippen MR) is 59.6 cm³/mol. The van der Waals surface area contributed by atoms with Crippen LogP contribution in [-0.4, -0.2) is 40.0 Å². The third kappa shape index (κ3) is 6.35. The number of likely N-dealkylation sites (N-methyl/N-ethyl adjacent to an activating group) is 1. The first kappa shape index (κ1) is 13.9. The van der Waals surface area contributed by atoms with E-state index in [1.807, 2.05) is 7.05 Å². The van der Waals surface area contributed by atoms with E-state index in [9.17, 15) is 0 Å². The first-order valence-electron chi connectivity index (χ1n) is 5.50. The van der Waals surface area contributed by atoms with Gasteiger partial charge in [-0.05, 0) is 19.4 Å². The van der Waals surface area contributed by atoms with E-state index in [1.165, 1.54) is 6.42 Å². The maximum absolute atomic E-state index is 5.57. The second kappa shape index (κ2) is 9.44. The molecule has 0 rings (SSSR count). The Bertz CT molecular complexity index is 120. The number of hydrogen-bond donors (Lipinski definition) is 1. The first-order valence-corrected chi connectivity index (χ1v) is 5.50. The van der Waals surface area contributed by atoms with Crippen molar-refractivity contribution in [1.29, 1.82) is 0 Å². The van der Waals surface area contributed by atoms with Gasteiger partial charge in [-0.2, -0.15) is 0 Å². The van der Waals surface area contributed by atoms with Gasteiger partial charge < -0.3 is 14.8 Å². The van der Waals surface area contributed by atoms with Gasteiger partial charge in [-0.1, -0.05) is 20.3 Å². The highest BCUT2D eigenvalue weighted by atomic mass is 16.5. The van der Waals surface area contributed by atoms with Crippen LogP contribution in [0.5, 0.6) is 0 Å². The van der Waals surface area contributed by atoms with Gasteiger partial charge >= 0.3 is 0 Å². The van der Waals surface area contributed by atoms with Crippen molar-refractivity contribution in [1.82, 2.24) is 5.32 Å². The lowest BCUT2D eigenvalue weighted by atomic mass is 10.0. The Morgan fingerprint density at radius 1 is 1.29 bits per heavy atom. The van der Waals surface area contributed by atoms with Crippen LogP contribution in [-0.2, 0) is 9.47 Å². The molecule has 0 aromatic rings. The summed E-state index contributed by atoms with van der Waals surface area (Å²) in [5.74, 6) is 0.669. The van der Waals surface area contributed by atoms with E-state index in [0.29, 0.717) is 12.0 Å². The first-order chi connectivity index (χ1) is 6.76. The molecule has 86 valence electrons. The summed E-state index contributed by atoms with van der Waals surface area (Å²) >= 11 is 0. The maximum Gasteiger partial charge on any atom is 0.0622 e. The molecular weight excluding hydrogens is 178 g/mol. The van der Waals surface area contributed by atoms with Crippen LogP contribution in [0.4, 0.5) is 0 Å². The van der Waals surface area contributed by atoms with Crippen molar-refractivity contribution < 1.29 is 9.47 Å². The number of methoxy groups -OCH3 is 1. The van der Waals surface area contributed by atoms with E-state index in [-0.39, 0.29) is 0 Å². The Morgan fingerprint density at radius 3 is 2.50 bits per heavy atom. The SMILES string of the molecule is CCC(C)C(COCCCOC)NC. The summed E-state index contributed by atoms with van der Waals surface area (Å²) in [4.78, 5) is 0. The summed E-state index contributed by atoms with van der Waals surface area (Å²) < 4.78 is 10.5. The van der Waals surface area contributed by atoms with Crippen molar-refractivity contribution in [3.8, 4) is 0 Å². The zero-order valence-electron chi connectivity index (χ0n) is 10.0. The number of nitrogens with one attached hydrogen (secondary N) is 1. The highest BCUT2D eigenvalue weighted by Crippen LogP contribution is 2.07. The highest BCUT2D eigenvalue weighted by Gasteiger charge is 2.12. The lowest BCUT2D eigenvalue weighted by molar-refractivity contribution is 0.0778. The molecule has 1 N–H and O–H groups in total. The van der Waals surface area contributed by atoms with Gasteiger partial charge in [0.2, 0.25) is 0 Å². The molecule has 3 heteroatoms. The van der Waals surface area contributed by atoms with Crippen LogP contribution in [0.15, 0.2) is 0 Å². The lowest BCUT2D eigenvalue weighted by Gasteiger charge is -2.22. The smallest absolute Gasteiger partial charge is 0.0622 e. The van der Waals surface area contributed by atoms with E-state index >= 15 is 0 Å². The topological polar surface area (TPSA) is 30.5 Å². The highest BCUT2D eigenvalue weighted by molar-refractivity contribution is 4.69. The minimum atomic E-state index is 0.475. The van der Waals surface area contributed by atoms with Crippen LogP contribution in [0.3, 0.4) is 0 Å². The summed E-state index contributed by atoms with van der Waals surface area (Å²) in [7, 11) is 3.71. The van der Waals surface area contributed by atoms with Crippen LogP contribution in [0, 0.1) is 5.92 Å². The fourth-order valence-corrected chi connectivity index (χ4v) is 1.33. The molecule has 0 aliphatic rings. The molecule has 0 amide bonds. The molecule has 0 radical (unpaired) electrons. The second-order valence-electron chi connectivity index (χ2n) is 3.70. The third-order valence-electron chi connectivity index (χ3n) is 2.64. The number of hydrogen-bond acceptors (Lipinski definition) is 3. The Morgan fingerprint density at radius 2 is 2.00 bits per heavy atom. The van der Waals surface area contributed by atoms with Crippen molar-refractivity contribution in [2.75, 3.05) is 34.0 Å². The monoisotopic (exact) mass is 203 g/mol. The molecule has 0 aromatic heterocycles. The van der Waals surface area contributed by atoms with Crippen molar-refractivity contribution in [2.45, 2.75) is 32.7 Å². The fraction of sp³-hybridized carbons (Fsp3) is 1.00. The van der Waals surface area contributed by atoms with E-state index in [4.69, 9.17) is 9.47 Å². The van der Waals surface area contributed by atoms with Gasteiger partial charge in [0.25, 0.3) is 0 Å². The second-order valence-corrected chi connectivity index (χ2v) is 3.70. The molecule has 2 unspecified atom stereocenters. The normalized spacial score (nSPS) is 15.4. The van der Waals surface area contributed by atoms with Gasteiger partial charge in [-0.25, -0.2) is 0 Å². The van der Waals surface area contributed by atoms with Gasteiger partial charge in [0.05, 0.1) is 6.61 Å². The van der Waals surface area contributed by atoms with Crippen molar-refractivity contribution in [3.63, 3.8) is 0 Å². The van der Waals surface area contributed by atoms with Gasteiger partial charge in [-0.3, -0.25) is 0 Å². The average Bonchev–Trinajstić information content (AvgIpc) is 2.22. The molecule has 14 heavy (non-hydrogen) atoms.